The van der Waals surface area contributed by atoms with Gasteiger partial charge in [0.2, 0.25) is 10.0 Å². The molecule has 0 aliphatic carbocycles. The van der Waals surface area contributed by atoms with Crippen LogP contribution in [-0.4, -0.2) is 64.8 Å². The Morgan fingerprint density at radius 3 is 2.04 bits per heavy atom. The van der Waals surface area contributed by atoms with Crippen LogP contribution in [0, 0.1) is 6.92 Å². The number of piperazine rings is 1. The molecule has 1 saturated heterocycles. The molecular formula is C17H20N2O6S3. The second-order valence-electron chi connectivity index (χ2n) is 6.48. The lowest BCUT2D eigenvalue weighted by molar-refractivity contribution is 0.171. The summed E-state index contributed by atoms with van der Waals surface area (Å²) in [6.45, 7) is 3.07. The van der Waals surface area contributed by atoms with E-state index in [4.69, 9.17) is 9.47 Å². The van der Waals surface area contributed by atoms with Crippen LogP contribution in [0.2, 0.25) is 0 Å². The molecule has 28 heavy (non-hydrogen) atoms. The van der Waals surface area contributed by atoms with Gasteiger partial charge in [0, 0.05) is 37.1 Å². The van der Waals surface area contributed by atoms with Gasteiger partial charge in [-0.3, -0.25) is 0 Å². The molecule has 0 atom stereocenters. The summed E-state index contributed by atoms with van der Waals surface area (Å²) in [5, 5.41) is 0. The summed E-state index contributed by atoms with van der Waals surface area (Å²) in [5.74, 6) is 0.925. The molecule has 1 aromatic heterocycles. The van der Waals surface area contributed by atoms with Crippen LogP contribution in [0.15, 0.2) is 39.4 Å². The van der Waals surface area contributed by atoms with Crippen molar-refractivity contribution in [1.29, 1.82) is 0 Å². The van der Waals surface area contributed by atoms with Crippen molar-refractivity contribution in [3.05, 3.63) is 35.2 Å². The van der Waals surface area contributed by atoms with E-state index in [1.807, 2.05) is 6.92 Å². The second-order valence-corrected chi connectivity index (χ2v) is 11.9. The maximum absolute atomic E-state index is 13.0. The number of sulfonamides is 2. The molecule has 1 aromatic carbocycles. The first-order valence-electron chi connectivity index (χ1n) is 8.75. The van der Waals surface area contributed by atoms with Crippen molar-refractivity contribution in [3.63, 3.8) is 0 Å². The summed E-state index contributed by atoms with van der Waals surface area (Å²) in [6.07, 6.45) is 0. The molecule has 11 heteroatoms. The SMILES string of the molecule is Cc1ccc(S(=O)(=O)N2CCN(S(=O)(=O)c3ccc4c(c3)OCCO4)CC2)s1. The number of rotatable bonds is 4. The maximum Gasteiger partial charge on any atom is 0.252 e. The largest absolute Gasteiger partial charge is 0.486 e. The van der Waals surface area contributed by atoms with Crippen molar-refractivity contribution >= 4 is 31.4 Å². The number of fused-ring (bicyclic) bond motifs is 1. The van der Waals surface area contributed by atoms with Gasteiger partial charge < -0.3 is 9.47 Å². The fourth-order valence-corrected chi connectivity index (χ4v) is 7.46. The van der Waals surface area contributed by atoms with Gasteiger partial charge in [0.1, 0.15) is 17.4 Å². The van der Waals surface area contributed by atoms with Crippen molar-refractivity contribution in [3.8, 4) is 11.5 Å². The number of hydrogen-bond donors (Lipinski definition) is 0. The van der Waals surface area contributed by atoms with Crippen molar-refractivity contribution in [2.75, 3.05) is 39.4 Å². The van der Waals surface area contributed by atoms with E-state index in [0.29, 0.717) is 24.7 Å². The average Bonchev–Trinajstić information content (AvgIpc) is 3.15. The minimum absolute atomic E-state index is 0.0976. The molecule has 0 amide bonds. The van der Waals surface area contributed by atoms with Crippen LogP contribution >= 0.6 is 11.3 Å². The molecule has 1 fully saturated rings. The number of nitrogens with zero attached hydrogens (tertiary/aromatic N) is 2. The third-order valence-electron chi connectivity index (χ3n) is 4.66. The number of ether oxygens (including phenoxy) is 2. The van der Waals surface area contributed by atoms with Crippen LogP contribution in [0.4, 0.5) is 0 Å². The highest BCUT2D eigenvalue weighted by Gasteiger charge is 2.34. The molecule has 152 valence electrons. The van der Waals surface area contributed by atoms with E-state index < -0.39 is 20.0 Å². The molecule has 0 spiro atoms. The van der Waals surface area contributed by atoms with Gasteiger partial charge in [0.15, 0.2) is 11.5 Å². The highest BCUT2D eigenvalue weighted by atomic mass is 32.2. The standard InChI is InChI=1S/C17H20N2O6S3/c1-13-2-5-17(26-13)28(22,23)19-8-6-18(7-9-19)27(20,21)14-3-4-15-16(12-14)25-11-10-24-15/h2-5,12H,6-11H2,1H3. The molecular weight excluding hydrogens is 424 g/mol. The minimum Gasteiger partial charge on any atom is -0.486 e. The van der Waals surface area contributed by atoms with Gasteiger partial charge in [-0.25, -0.2) is 16.8 Å². The number of thiophene rings is 1. The van der Waals surface area contributed by atoms with Gasteiger partial charge in [-0.15, -0.1) is 11.3 Å². The van der Waals surface area contributed by atoms with Crippen molar-refractivity contribution in [2.24, 2.45) is 0 Å². The molecule has 3 heterocycles. The van der Waals surface area contributed by atoms with E-state index in [-0.39, 0.29) is 35.3 Å². The van der Waals surface area contributed by atoms with Gasteiger partial charge in [-0.2, -0.15) is 8.61 Å². The predicted octanol–water partition coefficient (Wildman–Crippen LogP) is 1.52. The van der Waals surface area contributed by atoms with Crippen LogP contribution in [0.3, 0.4) is 0 Å². The van der Waals surface area contributed by atoms with E-state index in [2.05, 4.69) is 0 Å². The molecule has 2 aliphatic rings. The first-order valence-corrected chi connectivity index (χ1v) is 12.4. The Morgan fingerprint density at radius 2 is 1.43 bits per heavy atom. The summed E-state index contributed by atoms with van der Waals surface area (Å²) >= 11 is 1.22. The van der Waals surface area contributed by atoms with Crippen LogP contribution in [0.1, 0.15) is 4.88 Å². The smallest absolute Gasteiger partial charge is 0.252 e. The monoisotopic (exact) mass is 444 g/mol. The van der Waals surface area contributed by atoms with Crippen LogP contribution in [-0.2, 0) is 20.0 Å². The van der Waals surface area contributed by atoms with E-state index >= 15 is 0 Å². The highest BCUT2D eigenvalue weighted by Crippen LogP contribution is 2.33. The Morgan fingerprint density at radius 1 is 0.821 bits per heavy atom. The summed E-state index contributed by atoms with van der Waals surface area (Å²) in [6, 6.07) is 7.89. The Balaban J connectivity index is 1.50. The van der Waals surface area contributed by atoms with Crippen molar-refractivity contribution in [1.82, 2.24) is 8.61 Å². The molecule has 0 saturated carbocycles. The molecule has 0 N–H and O–H groups in total. The topological polar surface area (TPSA) is 93.2 Å². The quantitative estimate of drug-likeness (QED) is 0.710. The Kier molecular flexibility index (Phi) is 5.12. The Hall–Kier alpha value is -1.66. The fraction of sp³-hybridized carbons (Fsp3) is 0.412. The lowest BCUT2D eigenvalue weighted by atomic mass is 10.3. The van der Waals surface area contributed by atoms with Gasteiger partial charge in [0.25, 0.3) is 10.0 Å². The zero-order valence-electron chi connectivity index (χ0n) is 15.2. The summed E-state index contributed by atoms with van der Waals surface area (Å²) < 4.78 is 65.2. The van der Waals surface area contributed by atoms with Gasteiger partial charge in [-0.05, 0) is 31.2 Å². The van der Waals surface area contributed by atoms with E-state index in [1.165, 1.54) is 32.1 Å². The average molecular weight is 445 g/mol. The molecule has 2 aliphatic heterocycles. The van der Waals surface area contributed by atoms with Crippen molar-refractivity contribution < 1.29 is 26.3 Å². The molecule has 0 radical (unpaired) electrons. The third-order valence-corrected chi connectivity index (χ3v) is 9.92. The number of aryl methyl sites for hydroxylation is 1. The van der Waals surface area contributed by atoms with Crippen LogP contribution in [0.25, 0.3) is 0 Å². The highest BCUT2D eigenvalue weighted by molar-refractivity contribution is 7.91. The molecule has 0 unspecified atom stereocenters. The zero-order chi connectivity index (χ0) is 19.9. The lowest BCUT2D eigenvalue weighted by Crippen LogP contribution is -2.50. The third kappa shape index (κ3) is 3.52. The summed E-state index contributed by atoms with van der Waals surface area (Å²) in [5.41, 5.74) is 0. The van der Waals surface area contributed by atoms with Crippen LogP contribution in [0.5, 0.6) is 11.5 Å². The number of hydrogen-bond acceptors (Lipinski definition) is 7. The Bertz CT molecular complexity index is 1090. The lowest BCUT2D eigenvalue weighted by Gasteiger charge is -2.33. The van der Waals surface area contributed by atoms with Gasteiger partial charge in [0.05, 0.1) is 4.90 Å². The van der Waals surface area contributed by atoms with Crippen molar-refractivity contribution in [2.45, 2.75) is 16.0 Å². The van der Waals surface area contributed by atoms with Crippen LogP contribution < -0.4 is 9.47 Å². The zero-order valence-corrected chi connectivity index (χ0v) is 17.6. The molecule has 0 bridgehead atoms. The molecule has 2 aromatic rings. The van der Waals surface area contributed by atoms with E-state index in [9.17, 15) is 16.8 Å². The second kappa shape index (κ2) is 7.30. The van der Waals surface area contributed by atoms with E-state index in [1.54, 1.807) is 18.2 Å². The fourth-order valence-electron chi connectivity index (χ4n) is 3.16. The molecule has 4 rings (SSSR count). The first-order chi connectivity index (χ1) is 13.3. The normalized spacial score (nSPS) is 18.9. The van der Waals surface area contributed by atoms with E-state index in [0.717, 1.165) is 4.88 Å². The van der Waals surface area contributed by atoms with Gasteiger partial charge >= 0.3 is 0 Å². The first kappa shape index (κ1) is 19.6. The molecule has 8 nitrogen and oxygen atoms in total. The predicted molar refractivity (Wildman–Crippen MR) is 104 cm³/mol. The summed E-state index contributed by atoms with van der Waals surface area (Å²) in [4.78, 5) is 1.03. The summed E-state index contributed by atoms with van der Waals surface area (Å²) in [7, 11) is -7.34. The minimum atomic E-state index is -3.75. The number of benzene rings is 1. The maximum atomic E-state index is 13.0. The van der Waals surface area contributed by atoms with Gasteiger partial charge in [-0.1, -0.05) is 0 Å². The Labute approximate surface area is 168 Å².